The summed E-state index contributed by atoms with van der Waals surface area (Å²) >= 11 is 6.06. The zero-order valence-corrected chi connectivity index (χ0v) is 12.9. The van der Waals surface area contributed by atoms with Crippen LogP contribution < -0.4 is 5.32 Å². The lowest BCUT2D eigenvalue weighted by Gasteiger charge is -2.30. The Morgan fingerprint density at radius 2 is 1.81 bits per heavy atom. The van der Waals surface area contributed by atoms with E-state index < -0.39 is 5.54 Å². The molecule has 1 aromatic carbocycles. The van der Waals surface area contributed by atoms with Crippen molar-refractivity contribution >= 4 is 23.1 Å². The molecule has 0 aromatic heterocycles. The minimum atomic E-state index is -0.552. The van der Waals surface area contributed by atoms with Crippen LogP contribution in [0.5, 0.6) is 0 Å². The predicted octanol–water partition coefficient (Wildman–Crippen LogP) is 2.07. The SMILES string of the molecule is Cc1cc(Cl)cc(C)c1C1=C([OH2+])C2(CCOCC2)NC1=O. The molecule has 1 aromatic rings. The van der Waals surface area contributed by atoms with Gasteiger partial charge in [-0.2, -0.15) is 0 Å². The Morgan fingerprint density at radius 1 is 1.24 bits per heavy atom. The largest absolute Gasteiger partial charge is 0.594 e. The van der Waals surface area contributed by atoms with Crippen molar-refractivity contribution in [2.75, 3.05) is 13.2 Å². The highest BCUT2D eigenvalue weighted by atomic mass is 35.5. The first-order valence-corrected chi connectivity index (χ1v) is 7.46. The van der Waals surface area contributed by atoms with E-state index >= 15 is 0 Å². The quantitative estimate of drug-likeness (QED) is 0.807. The summed E-state index contributed by atoms with van der Waals surface area (Å²) in [5.74, 6) is 0.236. The predicted molar refractivity (Wildman–Crippen MR) is 82.4 cm³/mol. The fourth-order valence-corrected chi connectivity index (χ4v) is 3.66. The number of amides is 1. The van der Waals surface area contributed by atoms with Crippen LogP contribution in [0.15, 0.2) is 17.9 Å². The van der Waals surface area contributed by atoms with E-state index in [1.807, 2.05) is 26.0 Å². The van der Waals surface area contributed by atoms with E-state index in [-0.39, 0.29) is 5.91 Å². The molecule has 1 saturated heterocycles. The van der Waals surface area contributed by atoms with Gasteiger partial charge in [-0.1, -0.05) is 11.6 Å². The standard InChI is InChI=1S/C16H18ClNO3/c1-9-7-11(17)8-10(2)12(9)13-14(19)16(18-15(13)20)3-5-21-6-4-16/h7-8,19H,3-6H2,1-2H3,(H,18,20)/p+1. The van der Waals surface area contributed by atoms with E-state index in [0.29, 0.717) is 42.4 Å². The molecule has 0 radical (unpaired) electrons. The first-order valence-electron chi connectivity index (χ1n) is 7.08. The lowest BCUT2D eigenvalue weighted by molar-refractivity contribution is -0.117. The van der Waals surface area contributed by atoms with Crippen LogP contribution >= 0.6 is 11.6 Å². The average molecular weight is 309 g/mol. The number of halogens is 1. The number of rotatable bonds is 1. The molecule has 2 aliphatic heterocycles. The lowest BCUT2D eigenvalue weighted by Crippen LogP contribution is -2.48. The van der Waals surface area contributed by atoms with E-state index in [4.69, 9.17) is 21.4 Å². The van der Waals surface area contributed by atoms with E-state index in [1.165, 1.54) is 0 Å². The summed E-state index contributed by atoms with van der Waals surface area (Å²) in [6.45, 7) is 5.01. The van der Waals surface area contributed by atoms with Crippen LogP contribution in [0.3, 0.4) is 0 Å². The summed E-state index contributed by atoms with van der Waals surface area (Å²) in [6, 6.07) is 3.68. The molecule has 2 aliphatic rings. The van der Waals surface area contributed by atoms with Crippen LogP contribution in [0.2, 0.25) is 5.02 Å². The molecule has 112 valence electrons. The van der Waals surface area contributed by atoms with Crippen molar-refractivity contribution < 1.29 is 14.6 Å². The van der Waals surface area contributed by atoms with Crippen LogP contribution in [-0.4, -0.2) is 29.8 Å². The summed E-state index contributed by atoms with van der Waals surface area (Å²) < 4.78 is 5.37. The highest BCUT2D eigenvalue weighted by Gasteiger charge is 2.51. The van der Waals surface area contributed by atoms with Crippen molar-refractivity contribution in [2.24, 2.45) is 0 Å². The third-order valence-corrected chi connectivity index (χ3v) is 4.62. The second kappa shape index (κ2) is 5.04. The van der Waals surface area contributed by atoms with Crippen LogP contribution in [0, 0.1) is 13.8 Å². The Labute approximate surface area is 128 Å². The number of nitrogens with one attached hydrogen (secondary N) is 1. The third kappa shape index (κ3) is 2.23. The zero-order valence-electron chi connectivity index (χ0n) is 12.2. The molecule has 4 nitrogen and oxygen atoms in total. The van der Waals surface area contributed by atoms with Crippen molar-refractivity contribution in [3.63, 3.8) is 0 Å². The molecule has 3 rings (SSSR count). The maximum Gasteiger partial charge on any atom is 0.268 e. The van der Waals surface area contributed by atoms with Gasteiger partial charge in [0.15, 0.2) is 5.54 Å². The number of benzene rings is 1. The average Bonchev–Trinajstić information content (AvgIpc) is 2.63. The van der Waals surface area contributed by atoms with Gasteiger partial charge in [0.2, 0.25) is 0 Å². The van der Waals surface area contributed by atoms with Crippen LogP contribution in [0.4, 0.5) is 0 Å². The normalized spacial score (nSPS) is 21.0. The third-order valence-electron chi connectivity index (χ3n) is 4.40. The van der Waals surface area contributed by atoms with Gasteiger partial charge in [-0.25, -0.2) is 0 Å². The van der Waals surface area contributed by atoms with Gasteiger partial charge in [0.25, 0.3) is 11.7 Å². The summed E-state index contributed by atoms with van der Waals surface area (Å²) in [5, 5.41) is 12.2. The topological polar surface area (TPSA) is 61.2 Å². The van der Waals surface area contributed by atoms with Crippen molar-refractivity contribution in [3.8, 4) is 0 Å². The molecular weight excluding hydrogens is 290 g/mol. The highest BCUT2D eigenvalue weighted by molar-refractivity contribution is 6.31. The molecule has 1 amide bonds. The van der Waals surface area contributed by atoms with E-state index in [0.717, 1.165) is 16.7 Å². The van der Waals surface area contributed by atoms with E-state index in [2.05, 4.69) is 5.32 Å². The first-order chi connectivity index (χ1) is 9.94. The maximum atomic E-state index is 12.5. The fourth-order valence-electron chi connectivity index (χ4n) is 3.33. The summed E-state index contributed by atoms with van der Waals surface area (Å²) in [6.07, 6.45) is 1.32. The Morgan fingerprint density at radius 3 is 2.38 bits per heavy atom. The zero-order chi connectivity index (χ0) is 15.2. The van der Waals surface area contributed by atoms with Crippen molar-refractivity contribution in [1.82, 2.24) is 5.32 Å². The van der Waals surface area contributed by atoms with Crippen LogP contribution in [0.1, 0.15) is 29.5 Å². The maximum absolute atomic E-state index is 12.5. The molecule has 0 bridgehead atoms. The molecule has 0 aliphatic carbocycles. The fraction of sp³-hybridized carbons (Fsp3) is 0.438. The summed E-state index contributed by atoms with van der Waals surface area (Å²) in [5.41, 5.74) is 2.63. The van der Waals surface area contributed by atoms with Crippen molar-refractivity contribution in [1.29, 1.82) is 0 Å². The van der Waals surface area contributed by atoms with Crippen molar-refractivity contribution in [3.05, 3.63) is 39.6 Å². The Balaban J connectivity index is 2.15. The number of aryl methyl sites for hydroxylation is 2. The van der Waals surface area contributed by atoms with Gasteiger partial charge < -0.3 is 15.2 Å². The second-order valence-electron chi connectivity index (χ2n) is 5.81. The molecule has 0 saturated carbocycles. The summed E-state index contributed by atoms with van der Waals surface area (Å²) in [4.78, 5) is 12.5. The number of hydrogen-bond donors (Lipinski definition) is 1. The number of ether oxygens (including phenoxy) is 1. The smallest absolute Gasteiger partial charge is 0.268 e. The Bertz CT molecular complexity index is 622. The Hall–Kier alpha value is -1.52. The van der Waals surface area contributed by atoms with Crippen LogP contribution in [-0.2, 0) is 9.53 Å². The molecule has 5 heteroatoms. The van der Waals surface area contributed by atoms with Gasteiger partial charge in [0.05, 0.1) is 0 Å². The van der Waals surface area contributed by atoms with Gasteiger partial charge in [-0.15, -0.1) is 0 Å². The number of carbonyl (C=O) groups is 1. The van der Waals surface area contributed by atoms with Gasteiger partial charge in [-0.05, 0) is 37.1 Å². The molecule has 3 N–H and O–H groups in total. The molecule has 2 heterocycles. The molecule has 1 fully saturated rings. The highest BCUT2D eigenvalue weighted by Crippen LogP contribution is 2.40. The molecule has 21 heavy (non-hydrogen) atoms. The van der Waals surface area contributed by atoms with Gasteiger partial charge in [-0.3, -0.25) is 4.79 Å². The van der Waals surface area contributed by atoms with E-state index in [9.17, 15) is 4.79 Å². The van der Waals surface area contributed by atoms with Crippen molar-refractivity contribution in [2.45, 2.75) is 32.2 Å². The minimum Gasteiger partial charge on any atom is -0.594 e. The molecule has 0 atom stereocenters. The monoisotopic (exact) mass is 308 g/mol. The molecular formula is C16H19ClNO3+. The molecule has 0 unspecified atom stereocenters. The molecule has 1 spiro atoms. The number of carbonyl (C=O) groups excluding carboxylic acids is 1. The number of hydrogen-bond acceptors (Lipinski definition) is 2. The Kier molecular flexibility index (Phi) is 3.46. The first kappa shape index (κ1) is 14.4. The van der Waals surface area contributed by atoms with Crippen LogP contribution in [0.25, 0.3) is 5.57 Å². The minimum absolute atomic E-state index is 0.157. The second-order valence-corrected chi connectivity index (χ2v) is 6.25. The van der Waals surface area contributed by atoms with Gasteiger partial charge in [0.1, 0.15) is 5.57 Å². The van der Waals surface area contributed by atoms with E-state index in [1.54, 1.807) is 0 Å². The van der Waals surface area contributed by atoms with Gasteiger partial charge >= 0.3 is 0 Å². The lowest BCUT2D eigenvalue weighted by atomic mass is 9.86. The van der Waals surface area contributed by atoms with Gasteiger partial charge in [0, 0.05) is 36.6 Å². The summed E-state index contributed by atoms with van der Waals surface area (Å²) in [7, 11) is 0.